The van der Waals surface area contributed by atoms with Crippen molar-refractivity contribution in [2.24, 2.45) is 0 Å². The summed E-state index contributed by atoms with van der Waals surface area (Å²) in [5.41, 5.74) is 0.927. The molecule has 0 fully saturated rings. The minimum Gasteiger partial charge on any atom is -0.491 e. The largest absolute Gasteiger partial charge is 0.491 e. The Kier molecular flexibility index (Phi) is 4.90. The van der Waals surface area contributed by atoms with Crippen molar-refractivity contribution in [1.82, 2.24) is 9.97 Å². The summed E-state index contributed by atoms with van der Waals surface area (Å²) in [4.78, 5) is 8.53. The van der Waals surface area contributed by atoms with Crippen molar-refractivity contribution in [3.05, 3.63) is 57.7 Å². The number of nitrogens with one attached hydrogen (secondary N) is 1. The van der Waals surface area contributed by atoms with Crippen LogP contribution in [0.1, 0.15) is 0 Å². The molecule has 0 aliphatic carbocycles. The van der Waals surface area contributed by atoms with Crippen molar-refractivity contribution in [3.63, 3.8) is 0 Å². The second-order valence-corrected chi connectivity index (χ2v) is 6.36. The van der Waals surface area contributed by atoms with Crippen molar-refractivity contribution in [1.29, 1.82) is 0 Å². The molecule has 0 amide bonds. The van der Waals surface area contributed by atoms with E-state index in [-0.39, 0.29) is 0 Å². The Morgan fingerprint density at radius 2 is 1.91 bits per heavy atom. The molecule has 0 spiro atoms. The molecule has 0 unspecified atom stereocenters. The van der Waals surface area contributed by atoms with Gasteiger partial charge in [0.15, 0.2) is 0 Å². The number of para-hydroxylation sites is 1. The summed E-state index contributed by atoms with van der Waals surface area (Å²) in [5.74, 6) is 1.64. The minimum atomic E-state index is 0.540. The SMILES string of the molecule is Brc1ccc(OCCNc2ncnc3ccccc23)c(Br)c1. The highest BCUT2D eigenvalue weighted by Gasteiger charge is 2.04. The highest BCUT2D eigenvalue weighted by molar-refractivity contribution is 9.11. The summed E-state index contributed by atoms with van der Waals surface area (Å²) in [7, 11) is 0. The number of nitrogens with zero attached hydrogens (tertiary/aromatic N) is 2. The molecular weight excluding hydrogens is 410 g/mol. The molecule has 3 aromatic rings. The number of hydrogen-bond acceptors (Lipinski definition) is 4. The normalized spacial score (nSPS) is 10.6. The van der Waals surface area contributed by atoms with E-state index in [2.05, 4.69) is 47.1 Å². The molecule has 0 aliphatic rings. The molecular formula is C16H13Br2N3O. The van der Waals surface area contributed by atoms with Crippen LogP contribution in [-0.4, -0.2) is 23.1 Å². The molecule has 112 valence electrons. The summed E-state index contributed by atoms with van der Waals surface area (Å²) in [5, 5.41) is 4.30. The average molecular weight is 423 g/mol. The first-order chi connectivity index (χ1) is 10.7. The van der Waals surface area contributed by atoms with Gasteiger partial charge in [0, 0.05) is 9.86 Å². The summed E-state index contributed by atoms with van der Waals surface area (Å²) in [6.07, 6.45) is 1.57. The van der Waals surface area contributed by atoms with Gasteiger partial charge in [0.1, 0.15) is 24.5 Å². The van der Waals surface area contributed by atoms with E-state index < -0.39 is 0 Å². The lowest BCUT2D eigenvalue weighted by Gasteiger charge is -2.10. The predicted octanol–water partition coefficient (Wildman–Crippen LogP) is 4.65. The van der Waals surface area contributed by atoms with Gasteiger partial charge in [-0.15, -0.1) is 0 Å². The van der Waals surface area contributed by atoms with Gasteiger partial charge in [-0.25, -0.2) is 9.97 Å². The van der Waals surface area contributed by atoms with Gasteiger partial charge in [-0.1, -0.05) is 28.1 Å². The van der Waals surface area contributed by atoms with Crippen molar-refractivity contribution in [2.75, 3.05) is 18.5 Å². The van der Waals surface area contributed by atoms with Gasteiger partial charge >= 0.3 is 0 Å². The number of hydrogen-bond donors (Lipinski definition) is 1. The monoisotopic (exact) mass is 421 g/mol. The molecule has 0 saturated heterocycles. The molecule has 0 atom stereocenters. The van der Waals surface area contributed by atoms with Crippen LogP contribution in [0.25, 0.3) is 10.9 Å². The third kappa shape index (κ3) is 3.56. The maximum Gasteiger partial charge on any atom is 0.137 e. The third-order valence-corrected chi connectivity index (χ3v) is 4.20. The number of rotatable bonds is 5. The molecule has 1 aromatic heterocycles. The smallest absolute Gasteiger partial charge is 0.137 e. The quantitative estimate of drug-likeness (QED) is 0.608. The number of halogens is 2. The van der Waals surface area contributed by atoms with Crippen LogP contribution in [0.3, 0.4) is 0 Å². The van der Waals surface area contributed by atoms with Crippen molar-refractivity contribution in [2.45, 2.75) is 0 Å². The van der Waals surface area contributed by atoms with Crippen LogP contribution in [0.5, 0.6) is 5.75 Å². The molecule has 0 radical (unpaired) electrons. The predicted molar refractivity (Wildman–Crippen MR) is 95.4 cm³/mol. The standard InChI is InChI=1S/C16H13Br2N3O/c17-11-5-6-15(13(18)9-11)22-8-7-19-16-12-3-1-2-4-14(12)20-10-21-16/h1-6,9-10H,7-8H2,(H,19,20,21). The van der Waals surface area contributed by atoms with E-state index in [1.807, 2.05) is 42.5 Å². The number of ether oxygens (including phenoxy) is 1. The molecule has 3 rings (SSSR count). The topological polar surface area (TPSA) is 47.0 Å². The van der Waals surface area contributed by atoms with Gasteiger partial charge in [0.05, 0.1) is 16.5 Å². The molecule has 0 bridgehead atoms. The highest BCUT2D eigenvalue weighted by atomic mass is 79.9. The zero-order chi connectivity index (χ0) is 15.4. The fourth-order valence-electron chi connectivity index (χ4n) is 2.07. The average Bonchev–Trinajstić information content (AvgIpc) is 2.53. The molecule has 0 saturated carbocycles. The van der Waals surface area contributed by atoms with Gasteiger partial charge in [-0.05, 0) is 46.3 Å². The van der Waals surface area contributed by atoms with E-state index in [4.69, 9.17) is 4.74 Å². The van der Waals surface area contributed by atoms with Gasteiger partial charge < -0.3 is 10.1 Å². The molecule has 0 aliphatic heterocycles. The molecule has 4 nitrogen and oxygen atoms in total. The Balaban J connectivity index is 1.61. The molecule has 1 N–H and O–H groups in total. The Hall–Kier alpha value is -1.66. The lowest BCUT2D eigenvalue weighted by atomic mass is 10.2. The zero-order valence-electron chi connectivity index (χ0n) is 11.6. The van der Waals surface area contributed by atoms with Gasteiger partial charge in [-0.2, -0.15) is 0 Å². The van der Waals surface area contributed by atoms with Crippen LogP contribution in [0.2, 0.25) is 0 Å². The minimum absolute atomic E-state index is 0.540. The number of aromatic nitrogens is 2. The first-order valence-corrected chi connectivity index (χ1v) is 8.34. The first-order valence-electron chi connectivity index (χ1n) is 6.75. The lowest BCUT2D eigenvalue weighted by Crippen LogP contribution is -2.13. The molecule has 1 heterocycles. The summed E-state index contributed by atoms with van der Waals surface area (Å²) in [6.45, 7) is 1.20. The summed E-state index contributed by atoms with van der Waals surface area (Å²) in [6, 6.07) is 13.8. The Labute approximate surface area is 145 Å². The van der Waals surface area contributed by atoms with Gasteiger partial charge in [0.25, 0.3) is 0 Å². The maximum atomic E-state index is 5.75. The molecule has 22 heavy (non-hydrogen) atoms. The van der Waals surface area contributed by atoms with E-state index in [0.29, 0.717) is 13.2 Å². The van der Waals surface area contributed by atoms with Crippen LogP contribution in [0.4, 0.5) is 5.82 Å². The van der Waals surface area contributed by atoms with Crippen molar-refractivity contribution in [3.8, 4) is 5.75 Å². The first kappa shape index (κ1) is 15.2. The number of benzene rings is 2. The lowest BCUT2D eigenvalue weighted by molar-refractivity contribution is 0.330. The molecule has 2 aromatic carbocycles. The third-order valence-electron chi connectivity index (χ3n) is 3.09. The summed E-state index contributed by atoms with van der Waals surface area (Å²) >= 11 is 6.90. The van der Waals surface area contributed by atoms with Gasteiger partial charge in [0.2, 0.25) is 0 Å². The van der Waals surface area contributed by atoms with Crippen LogP contribution >= 0.6 is 31.9 Å². The molecule has 6 heteroatoms. The van der Waals surface area contributed by atoms with E-state index in [0.717, 1.165) is 31.4 Å². The zero-order valence-corrected chi connectivity index (χ0v) is 14.8. The van der Waals surface area contributed by atoms with Crippen LogP contribution in [0.15, 0.2) is 57.7 Å². The second-order valence-electron chi connectivity index (χ2n) is 4.59. The van der Waals surface area contributed by atoms with E-state index >= 15 is 0 Å². The fraction of sp³-hybridized carbons (Fsp3) is 0.125. The van der Waals surface area contributed by atoms with Gasteiger partial charge in [-0.3, -0.25) is 0 Å². The van der Waals surface area contributed by atoms with E-state index in [1.165, 1.54) is 0 Å². The van der Waals surface area contributed by atoms with Crippen LogP contribution < -0.4 is 10.1 Å². The Bertz CT molecular complexity index is 790. The van der Waals surface area contributed by atoms with E-state index in [9.17, 15) is 0 Å². The maximum absolute atomic E-state index is 5.75. The second kappa shape index (κ2) is 7.07. The van der Waals surface area contributed by atoms with E-state index in [1.54, 1.807) is 6.33 Å². The van der Waals surface area contributed by atoms with Crippen LogP contribution in [0, 0.1) is 0 Å². The summed E-state index contributed by atoms with van der Waals surface area (Å²) < 4.78 is 7.69. The Morgan fingerprint density at radius 3 is 2.77 bits per heavy atom. The number of fused-ring (bicyclic) bond motifs is 1. The highest BCUT2D eigenvalue weighted by Crippen LogP contribution is 2.28. The Morgan fingerprint density at radius 1 is 1.05 bits per heavy atom. The van der Waals surface area contributed by atoms with Crippen molar-refractivity contribution >= 4 is 48.6 Å². The van der Waals surface area contributed by atoms with Crippen molar-refractivity contribution < 1.29 is 4.74 Å². The van der Waals surface area contributed by atoms with Crippen LogP contribution in [-0.2, 0) is 0 Å². The fourth-order valence-corrected chi connectivity index (χ4v) is 3.23. The number of anilines is 1.